The molecule has 3 N–H and O–H groups in total. The number of ether oxygens (including phenoxy) is 1. The smallest absolute Gasteiger partial charge is 0.144 e. The van der Waals surface area contributed by atoms with E-state index in [1.54, 1.807) is 11.3 Å². The number of nitrogen functional groups attached to an aromatic ring is 1. The number of thiophene rings is 1. The Morgan fingerprint density at radius 1 is 1.29 bits per heavy atom. The van der Waals surface area contributed by atoms with E-state index in [2.05, 4.69) is 34.0 Å². The van der Waals surface area contributed by atoms with Crippen molar-refractivity contribution in [2.75, 3.05) is 12.0 Å². The predicted octanol–water partition coefficient (Wildman–Crippen LogP) is 3.57. The van der Waals surface area contributed by atoms with Gasteiger partial charge in [-0.05, 0) is 42.6 Å². The molecule has 0 saturated heterocycles. The standard InChI is InChI=1S/C16H17N3OS/c1-2-20-13-5-6-15-11(9-13)8-12(16(18-15)19-17)10-14-4-3-7-21-14/h3-9H,2,10,17H2,1H3,(H,18,19). The Labute approximate surface area is 127 Å². The lowest BCUT2D eigenvalue weighted by atomic mass is 10.1. The number of nitrogens with one attached hydrogen (secondary N) is 1. The van der Waals surface area contributed by atoms with Crippen LogP contribution in [0.15, 0.2) is 41.8 Å². The summed E-state index contributed by atoms with van der Waals surface area (Å²) < 4.78 is 5.55. The molecule has 0 aliphatic rings. The summed E-state index contributed by atoms with van der Waals surface area (Å²) in [6, 6.07) is 12.2. The average Bonchev–Trinajstić information content (AvgIpc) is 3.00. The van der Waals surface area contributed by atoms with Crippen LogP contribution in [0.1, 0.15) is 17.4 Å². The van der Waals surface area contributed by atoms with Crippen molar-refractivity contribution in [1.82, 2.24) is 4.98 Å². The molecule has 21 heavy (non-hydrogen) atoms. The van der Waals surface area contributed by atoms with Crippen molar-refractivity contribution in [2.45, 2.75) is 13.3 Å². The van der Waals surface area contributed by atoms with E-state index in [0.717, 1.165) is 34.5 Å². The van der Waals surface area contributed by atoms with Gasteiger partial charge in [0.05, 0.1) is 12.1 Å². The molecule has 0 aliphatic heterocycles. The quantitative estimate of drug-likeness (QED) is 0.558. The van der Waals surface area contributed by atoms with Crippen molar-refractivity contribution in [3.05, 3.63) is 52.2 Å². The SMILES string of the molecule is CCOc1ccc2nc(NN)c(Cc3cccs3)cc2c1. The number of benzene rings is 1. The number of pyridine rings is 1. The minimum absolute atomic E-state index is 0.656. The lowest BCUT2D eigenvalue weighted by Crippen LogP contribution is -2.11. The summed E-state index contributed by atoms with van der Waals surface area (Å²) in [6.07, 6.45) is 0.818. The van der Waals surface area contributed by atoms with Crippen molar-refractivity contribution in [1.29, 1.82) is 0 Å². The van der Waals surface area contributed by atoms with E-state index < -0.39 is 0 Å². The van der Waals surface area contributed by atoms with Crippen LogP contribution >= 0.6 is 11.3 Å². The Morgan fingerprint density at radius 2 is 2.19 bits per heavy atom. The van der Waals surface area contributed by atoms with Gasteiger partial charge in [0.15, 0.2) is 0 Å². The van der Waals surface area contributed by atoms with Crippen molar-refractivity contribution in [2.24, 2.45) is 5.84 Å². The molecule has 3 aromatic rings. The van der Waals surface area contributed by atoms with Gasteiger partial charge in [-0.15, -0.1) is 11.3 Å². The average molecular weight is 299 g/mol. The van der Waals surface area contributed by atoms with Crippen LogP contribution in [0, 0.1) is 0 Å². The fraction of sp³-hybridized carbons (Fsp3) is 0.188. The number of hydrogen-bond acceptors (Lipinski definition) is 5. The van der Waals surface area contributed by atoms with E-state index in [1.165, 1.54) is 4.88 Å². The van der Waals surface area contributed by atoms with Crippen molar-refractivity contribution < 1.29 is 4.74 Å². The molecule has 0 atom stereocenters. The van der Waals surface area contributed by atoms with Crippen LogP contribution in [0.4, 0.5) is 5.82 Å². The highest BCUT2D eigenvalue weighted by Gasteiger charge is 2.08. The Bertz CT molecular complexity index is 741. The normalized spacial score (nSPS) is 10.8. The number of fused-ring (bicyclic) bond motifs is 1. The largest absolute Gasteiger partial charge is 0.494 e. The number of hydrogen-bond donors (Lipinski definition) is 2. The molecule has 0 amide bonds. The zero-order valence-corrected chi connectivity index (χ0v) is 12.6. The maximum atomic E-state index is 5.61. The molecule has 0 bridgehead atoms. The van der Waals surface area contributed by atoms with Crippen LogP contribution in [0.25, 0.3) is 10.9 Å². The fourth-order valence-electron chi connectivity index (χ4n) is 2.32. The Hall–Kier alpha value is -2.11. The molecule has 2 aromatic heterocycles. The molecule has 0 radical (unpaired) electrons. The predicted molar refractivity (Wildman–Crippen MR) is 87.8 cm³/mol. The molecule has 0 aliphatic carbocycles. The molecule has 0 fully saturated rings. The topological polar surface area (TPSA) is 60.2 Å². The Kier molecular flexibility index (Phi) is 4.03. The third-order valence-electron chi connectivity index (χ3n) is 3.26. The highest BCUT2D eigenvalue weighted by atomic mass is 32.1. The van der Waals surface area contributed by atoms with Gasteiger partial charge in [-0.1, -0.05) is 6.07 Å². The molecule has 3 rings (SSSR count). The number of hydrazine groups is 1. The number of nitrogens with zero attached hydrogens (tertiary/aromatic N) is 1. The molecule has 1 aromatic carbocycles. The zero-order valence-electron chi connectivity index (χ0n) is 11.8. The number of rotatable bonds is 5. The maximum absolute atomic E-state index is 5.61. The third kappa shape index (κ3) is 2.99. The molecule has 0 spiro atoms. The summed E-state index contributed by atoms with van der Waals surface area (Å²) in [5.41, 5.74) is 4.69. The first-order valence-corrected chi connectivity index (χ1v) is 7.73. The van der Waals surface area contributed by atoms with E-state index in [1.807, 2.05) is 25.1 Å². The van der Waals surface area contributed by atoms with Gasteiger partial charge in [0.1, 0.15) is 11.6 Å². The van der Waals surface area contributed by atoms with Gasteiger partial charge in [0, 0.05) is 22.2 Å². The molecular weight excluding hydrogens is 282 g/mol. The van der Waals surface area contributed by atoms with E-state index in [0.29, 0.717) is 6.61 Å². The lowest BCUT2D eigenvalue weighted by Gasteiger charge is -2.10. The molecule has 0 saturated carbocycles. The lowest BCUT2D eigenvalue weighted by molar-refractivity contribution is 0.340. The highest BCUT2D eigenvalue weighted by Crippen LogP contribution is 2.26. The van der Waals surface area contributed by atoms with E-state index >= 15 is 0 Å². The van der Waals surface area contributed by atoms with Crippen LogP contribution in [-0.2, 0) is 6.42 Å². The van der Waals surface area contributed by atoms with Crippen molar-refractivity contribution in [3.63, 3.8) is 0 Å². The number of nitrogens with two attached hydrogens (primary N) is 1. The summed E-state index contributed by atoms with van der Waals surface area (Å²) in [4.78, 5) is 5.87. The second kappa shape index (κ2) is 6.11. The van der Waals surface area contributed by atoms with Crippen molar-refractivity contribution >= 4 is 28.1 Å². The first kappa shape index (κ1) is 13.9. The second-order valence-electron chi connectivity index (χ2n) is 4.68. The van der Waals surface area contributed by atoms with Crippen LogP contribution in [0.3, 0.4) is 0 Å². The van der Waals surface area contributed by atoms with E-state index in [-0.39, 0.29) is 0 Å². The summed E-state index contributed by atoms with van der Waals surface area (Å²) >= 11 is 1.73. The van der Waals surface area contributed by atoms with Gasteiger partial charge in [-0.2, -0.15) is 0 Å². The molecule has 2 heterocycles. The molecule has 4 nitrogen and oxygen atoms in total. The van der Waals surface area contributed by atoms with Gasteiger partial charge in [0.2, 0.25) is 0 Å². The third-order valence-corrected chi connectivity index (χ3v) is 4.13. The first-order valence-electron chi connectivity index (χ1n) is 6.85. The van der Waals surface area contributed by atoms with Gasteiger partial charge in [0.25, 0.3) is 0 Å². The molecule has 108 valence electrons. The van der Waals surface area contributed by atoms with Crippen LogP contribution in [0.5, 0.6) is 5.75 Å². The summed E-state index contributed by atoms with van der Waals surface area (Å²) in [5, 5.41) is 3.14. The Morgan fingerprint density at radius 3 is 2.90 bits per heavy atom. The zero-order chi connectivity index (χ0) is 14.7. The molecular formula is C16H17N3OS. The van der Waals surface area contributed by atoms with Crippen LogP contribution in [0.2, 0.25) is 0 Å². The minimum Gasteiger partial charge on any atom is -0.494 e. The highest BCUT2D eigenvalue weighted by molar-refractivity contribution is 7.09. The van der Waals surface area contributed by atoms with Crippen LogP contribution < -0.4 is 16.0 Å². The molecule has 0 unspecified atom stereocenters. The van der Waals surface area contributed by atoms with E-state index in [4.69, 9.17) is 10.6 Å². The van der Waals surface area contributed by atoms with Crippen molar-refractivity contribution in [3.8, 4) is 5.75 Å². The van der Waals surface area contributed by atoms with Gasteiger partial charge >= 0.3 is 0 Å². The number of anilines is 1. The second-order valence-corrected chi connectivity index (χ2v) is 5.72. The van der Waals surface area contributed by atoms with Gasteiger partial charge < -0.3 is 10.2 Å². The fourth-order valence-corrected chi connectivity index (χ4v) is 3.04. The van der Waals surface area contributed by atoms with E-state index in [9.17, 15) is 0 Å². The monoisotopic (exact) mass is 299 g/mol. The maximum Gasteiger partial charge on any atom is 0.144 e. The first-order chi connectivity index (χ1) is 10.3. The molecule has 5 heteroatoms. The number of aromatic nitrogens is 1. The van der Waals surface area contributed by atoms with Crippen LogP contribution in [-0.4, -0.2) is 11.6 Å². The Balaban J connectivity index is 2.04. The van der Waals surface area contributed by atoms with Gasteiger partial charge in [-0.3, -0.25) is 0 Å². The minimum atomic E-state index is 0.656. The summed E-state index contributed by atoms with van der Waals surface area (Å²) in [6.45, 7) is 2.63. The summed E-state index contributed by atoms with van der Waals surface area (Å²) in [5.74, 6) is 7.20. The summed E-state index contributed by atoms with van der Waals surface area (Å²) in [7, 11) is 0. The van der Waals surface area contributed by atoms with Gasteiger partial charge in [-0.25, -0.2) is 10.8 Å².